The first-order valence-corrected chi connectivity index (χ1v) is 7.38. The summed E-state index contributed by atoms with van der Waals surface area (Å²) in [5, 5.41) is 11.7. The van der Waals surface area contributed by atoms with E-state index in [1.54, 1.807) is 12.6 Å². The van der Waals surface area contributed by atoms with Crippen LogP contribution in [0, 0.1) is 12.8 Å². The summed E-state index contributed by atoms with van der Waals surface area (Å²) < 4.78 is 0. The van der Waals surface area contributed by atoms with E-state index in [-0.39, 0.29) is 11.9 Å². The molecule has 0 aliphatic heterocycles. The SMILES string of the molecule is CCC(C)[C@H](NC(=O)N(C)Cc1scnc1C)C(=O)O. The molecule has 0 aliphatic carbocycles. The van der Waals surface area contributed by atoms with Crippen LogP contribution in [0.15, 0.2) is 5.51 Å². The van der Waals surface area contributed by atoms with Crippen LogP contribution in [0.25, 0.3) is 0 Å². The van der Waals surface area contributed by atoms with Gasteiger partial charge in [0.25, 0.3) is 0 Å². The van der Waals surface area contributed by atoms with E-state index in [0.29, 0.717) is 13.0 Å². The fraction of sp³-hybridized carbons (Fsp3) is 0.615. The largest absolute Gasteiger partial charge is 0.480 e. The molecule has 6 nitrogen and oxygen atoms in total. The van der Waals surface area contributed by atoms with Crippen molar-refractivity contribution in [3.05, 3.63) is 16.1 Å². The van der Waals surface area contributed by atoms with Gasteiger partial charge in [0.15, 0.2) is 0 Å². The van der Waals surface area contributed by atoms with Crippen LogP contribution in [0.2, 0.25) is 0 Å². The number of amides is 2. The van der Waals surface area contributed by atoms with E-state index in [1.165, 1.54) is 16.2 Å². The minimum atomic E-state index is -1.00. The first-order valence-electron chi connectivity index (χ1n) is 6.50. The molecule has 0 aromatic carbocycles. The molecule has 112 valence electrons. The molecule has 20 heavy (non-hydrogen) atoms. The van der Waals surface area contributed by atoms with E-state index in [2.05, 4.69) is 10.3 Å². The third-order valence-corrected chi connectivity index (χ3v) is 4.25. The fourth-order valence-electron chi connectivity index (χ4n) is 1.69. The highest BCUT2D eigenvalue weighted by atomic mass is 32.1. The molecule has 0 radical (unpaired) electrons. The Labute approximate surface area is 122 Å². The second-order valence-electron chi connectivity index (χ2n) is 4.87. The van der Waals surface area contributed by atoms with Crippen molar-refractivity contribution in [2.24, 2.45) is 5.92 Å². The first kappa shape index (κ1) is 16.4. The van der Waals surface area contributed by atoms with Crippen molar-refractivity contribution in [1.29, 1.82) is 0 Å². The average Bonchev–Trinajstić information content (AvgIpc) is 2.79. The minimum Gasteiger partial charge on any atom is -0.480 e. The summed E-state index contributed by atoms with van der Waals surface area (Å²) in [5.41, 5.74) is 2.63. The second kappa shape index (κ2) is 7.23. The molecule has 2 atom stereocenters. The van der Waals surface area contributed by atoms with Crippen LogP contribution in [0.4, 0.5) is 4.79 Å². The molecule has 0 fully saturated rings. The van der Waals surface area contributed by atoms with Gasteiger partial charge in [-0.15, -0.1) is 11.3 Å². The maximum atomic E-state index is 12.1. The monoisotopic (exact) mass is 299 g/mol. The van der Waals surface area contributed by atoms with Gasteiger partial charge >= 0.3 is 12.0 Å². The van der Waals surface area contributed by atoms with Gasteiger partial charge in [-0.25, -0.2) is 14.6 Å². The molecule has 2 amide bonds. The lowest BCUT2D eigenvalue weighted by Crippen LogP contribution is -2.49. The topological polar surface area (TPSA) is 82.5 Å². The summed E-state index contributed by atoms with van der Waals surface area (Å²) in [4.78, 5) is 29.8. The zero-order chi connectivity index (χ0) is 15.3. The summed E-state index contributed by atoms with van der Waals surface area (Å²) in [5.74, 6) is -1.12. The number of urea groups is 1. The zero-order valence-electron chi connectivity index (χ0n) is 12.2. The first-order chi connectivity index (χ1) is 9.36. The quantitative estimate of drug-likeness (QED) is 0.842. The molecule has 2 N–H and O–H groups in total. The highest BCUT2D eigenvalue weighted by molar-refractivity contribution is 7.09. The van der Waals surface area contributed by atoms with Gasteiger partial charge in [-0.1, -0.05) is 20.3 Å². The summed E-state index contributed by atoms with van der Waals surface area (Å²) in [7, 11) is 1.64. The van der Waals surface area contributed by atoms with Crippen molar-refractivity contribution in [3.8, 4) is 0 Å². The normalized spacial score (nSPS) is 13.6. The van der Waals surface area contributed by atoms with E-state index in [1.807, 2.05) is 20.8 Å². The maximum Gasteiger partial charge on any atom is 0.326 e. The van der Waals surface area contributed by atoms with Gasteiger partial charge in [0.1, 0.15) is 6.04 Å². The molecule has 7 heteroatoms. The number of nitrogens with zero attached hydrogens (tertiary/aromatic N) is 2. The van der Waals surface area contributed by atoms with Crippen molar-refractivity contribution in [3.63, 3.8) is 0 Å². The fourth-order valence-corrected chi connectivity index (χ4v) is 2.52. The van der Waals surface area contributed by atoms with E-state index < -0.39 is 12.0 Å². The number of rotatable bonds is 6. The Hall–Kier alpha value is -1.63. The lowest BCUT2D eigenvalue weighted by molar-refractivity contribution is -0.140. The molecule has 1 aromatic rings. The minimum absolute atomic E-state index is 0.116. The average molecular weight is 299 g/mol. The van der Waals surface area contributed by atoms with Crippen LogP contribution < -0.4 is 5.32 Å². The molecule has 0 spiro atoms. The molecule has 0 saturated heterocycles. The lowest BCUT2D eigenvalue weighted by atomic mass is 9.99. The standard InChI is InChI=1S/C13H21N3O3S/c1-5-8(2)11(12(17)18)15-13(19)16(4)6-10-9(3)14-7-20-10/h7-8,11H,5-6H2,1-4H3,(H,15,19)(H,17,18)/t8?,11-/m0/s1. The number of carboxylic acids is 1. The summed E-state index contributed by atoms with van der Waals surface area (Å²) in [6.07, 6.45) is 0.689. The van der Waals surface area contributed by atoms with Crippen molar-refractivity contribution >= 4 is 23.3 Å². The van der Waals surface area contributed by atoms with Crippen LogP contribution in [-0.2, 0) is 11.3 Å². The Morgan fingerprint density at radius 3 is 2.65 bits per heavy atom. The molecule has 1 heterocycles. The Balaban J connectivity index is 2.64. The number of hydrogen-bond donors (Lipinski definition) is 2. The number of carboxylic acid groups (broad SMARTS) is 1. The Bertz CT molecular complexity index is 475. The number of hydrogen-bond acceptors (Lipinski definition) is 4. The lowest BCUT2D eigenvalue weighted by Gasteiger charge is -2.24. The number of aromatic nitrogens is 1. The molecule has 1 unspecified atom stereocenters. The van der Waals surface area contributed by atoms with Crippen LogP contribution in [0.5, 0.6) is 0 Å². The van der Waals surface area contributed by atoms with Gasteiger partial charge in [0.2, 0.25) is 0 Å². The van der Waals surface area contributed by atoms with Crippen molar-refractivity contribution in [2.45, 2.75) is 39.8 Å². The molecular formula is C13H21N3O3S. The Kier molecular flexibility index (Phi) is 5.94. The van der Waals surface area contributed by atoms with Gasteiger partial charge in [0, 0.05) is 11.9 Å². The van der Waals surface area contributed by atoms with Crippen LogP contribution in [0.3, 0.4) is 0 Å². The Morgan fingerprint density at radius 1 is 1.55 bits per heavy atom. The van der Waals surface area contributed by atoms with E-state index in [9.17, 15) is 9.59 Å². The predicted octanol–water partition coefficient (Wildman–Crippen LogP) is 2.09. The third kappa shape index (κ3) is 4.19. The molecule has 1 rings (SSSR count). The van der Waals surface area contributed by atoms with E-state index in [0.717, 1.165) is 10.6 Å². The van der Waals surface area contributed by atoms with Crippen molar-refractivity contribution < 1.29 is 14.7 Å². The highest BCUT2D eigenvalue weighted by Gasteiger charge is 2.26. The number of aryl methyl sites for hydroxylation is 1. The summed E-state index contributed by atoms with van der Waals surface area (Å²) >= 11 is 1.48. The molecule has 1 aromatic heterocycles. The second-order valence-corrected chi connectivity index (χ2v) is 5.81. The van der Waals surface area contributed by atoms with Gasteiger partial charge < -0.3 is 15.3 Å². The summed E-state index contributed by atoms with van der Waals surface area (Å²) in [6.45, 7) is 6.02. The number of thiazole rings is 1. The van der Waals surface area contributed by atoms with E-state index >= 15 is 0 Å². The van der Waals surface area contributed by atoms with Gasteiger partial charge in [-0.2, -0.15) is 0 Å². The number of aliphatic carboxylic acids is 1. The van der Waals surface area contributed by atoms with Crippen LogP contribution in [0.1, 0.15) is 30.8 Å². The Morgan fingerprint density at radius 2 is 2.20 bits per heavy atom. The zero-order valence-corrected chi connectivity index (χ0v) is 13.0. The number of carbonyl (C=O) groups is 2. The van der Waals surface area contributed by atoms with E-state index in [4.69, 9.17) is 5.11 Å². The molecule has 0 saturated carbocycles. The molecule has 0 bridgehead atoms. The van der Waals surface area contributed by atoms with Crippen LogP contribution in [-0.4, -0.2) is 40.1 Å². The van der Waals surface area contributed by atoms with Crippen molar-refractivity contribution in [1.82, 2.24) is 15.2 Å². The van der Waals surface area contributed by atoms with Gasteiger partial charge in [-0.3, -0.25) is 0 Å². The predicted molar refractivity (Wildman–Crippen MR) is 77.7 cm³/mol. The van der Waals surface area contributed by atoms with Crippen molar-refractivity contribution in [2.75, 3.05) is 7.05 Å². The molecule has 0 aliphatic rings. The maximum absolute atomic E-state index is 12.1. The third-order valence-electron chi connectivity index (χ3n) is 3.33. The van der Waals surface area contributed by atoms with Crippen LogP contribution >= 0.6 is 11.3 Å². The smallest absolute Gasteiger partial charge is 0.326 e. The number of nitrogens with one attached hydrogen (secondary N) is 1. The number of carbonyl (C=O) groups excluding carboxylic acids is 1. The van der Waals surface area contributed by atoms with Gasteiger partial charge in [0.05, 0.1) is 17.7 Å². The summed E-state index contributed by atoms with van der Waals surface area (Å²) in [6, 6.07) is -1.25. The van der Waals surface area contributed by atoms with Gasteiger partial charge in [-0.05, 0) is 12.8 Å². The highest BCUT2D eigenvalue weighted by Crippen LogP contribution is 2.14. The molecular weight excluding hydrogens is 278 g/mol.